The van der Waals surface area contributed by atoms with E-state index in [1.165, 1.54) is 7.11 Å². The number of aryl methyl sites for hydroxylation is 1. The Labute approximate surface area is 103 Å². The van der Waals surface area contributed by atoms with Crippen molar-refractivity contribution in [1.82, 2.24) is 5.32 Å². The van der Waals surface area contributed by atoms with E-state index >= 15 is 0 Å². The molecule has 88 valence electrons. The highest BCUT2D eigenvalue weighted by atomic mass is 79.9. The first-order chi connectivity index (χ1) is 7.63. The number of amides is 1. The second-order valence-electron chi connectivity index (χ2n) is 3.20. The van der Waals surface area contributed by atoms with Crippen LogP contribution in [0.15, 0.2) is 22.7 Å². The normalized spacial score (nSPS) is 9.69. The third-order valence-electron chi connectivity index (χ3n) is 1.90. The van der Waals surface area contributed by atoms with Crippen molar-refractivity contribution >= 4 is 22.0 Å². The fourth-order valence-corrected chi connectivity index (χ4v) is 1.47. The van der Waals surface area contributed by atoms with Gasteiger partial charge in [0.05, 0.1) is 18.1 Å². The van der Waals surface area contributed by atoms with E-state index in [1.807, 2.05) is 25.1 Å². The van der Waals surface area contributed by atoms with Crippen molar-refractivity contribution in [3.8, 4) is 5.75 Å². The Morgan fingerprint density at radius 1 is 1.50 bits per heavy atom. The summed E-state index contributed by atoms with van der Waals surface area (Å²) < 4.78 is 10.8. The van der Waals surface area contributed by atoms with Gasteiger partial charge in [-0.1, -0.05) is 6.07 Å². The molecule has 0 saturated heterocycles. The molecule has 0 saturated carbocycles. The standard InChI is InChI=1S/C11H14BrNO3/c1-8-3-4-9(12)10(7-8)16-6-5-13-11(14)15-2/h3-4,7H,5-6H2,1-2H3,(H,13,14). The number of alkyl carbamates (subject to hydrolysis) is 1. The van der Waals surface area contributed by atoms with Crippen LogP contribution in [-0.4, -0.2) is 26.4 Å². The SMILES string of the molecule is COC(=O)NCCOc1cc(C)ccc1Br. The smallest absolute Gasteiger partial charge is 0.406 e. The maximum atomic E-state index is 10.7. The zero-order chi connectivity index (χ0) is 12.0. The van der Waals surface area contributed by atoms with Crippen molar-refractivity contribution in [3.63, 3.8) is 0 Å². The number of carbonyl (C=O) groups excluding carboxylic acids is 1. The third-order valence-corrected chi connectivity index (χ3v) is 2.56. The quantitative estimate of drug-likeness (QED) is 0.866. The highest BCUT2D eigenvalue weighted by Crippen LogP contribution is 2.25. The van der Waals surface area contributed by atoms with Gasteiger partial charge < -0.3 is 14.8 Å². The van der Waals surface area contributed by atoms with Crippen molar-refractivity contribution in [2.75, 3.05) is 20.3 Å². The molecule has 0 heterocycles. The Morgan fingerprint density at radius 2 is 2.25 bits per heavy atom. The summed E-state index contributed by atoms with van der Waals surface area (Å²) in [6.07, 6.45) is -0.452. The summed E-state index contributed by atoms with van der Waals surface area (Å²) >= 11 is 3.39. The molecule has 1 aromatic rings. The largest absolute Gasteiger partial charge is 0.491 e. The van der Waals surface area contributed by atoms with E-state index in [0.29, 0.717) is 13.2 Å². The summed E-state index contributed by atoms with van der Waals surface area (Å²) in [5.74, 6) is 0.770. The fourth-order valence-electron chi connectivity index (χ4n) is 1.11. The number of halogens is 1. The molecule has 0 unspecified atom stereocenters. The van der Waals surface area contributed by atoms with Gasteiger partial charge in [0.15, 0.2) is 0 Å². The lowest BCUT2D eigenvalue weighted by Gasteiger charge is -2.09. The molecule has 0 spiro atoms. The van der Waals surface area contributed by atoms with Crippen LogP contribution in [0.1, 0.15) is 5.56 Å². The first-order valence-electron chi connectivity index (χ1n) is 4.84. The van der Waals surface area contributed by atoms with Gasteiger partial charge in [0.25, 0.3) is 0 Å². The Morgan fingerprint density at radius 3 is 2.94 bits per heavy atom. The molecule has 1 amide bonds. The molecule has 5 heteroatoms. The van der Waals surface area contributed by atoms with E-state index in [4.69, 9.17) is 4.74 Å². The fraction of sp³-hybridized carbons (Fsp3) is 0.364. The number of ether oxygens (including phenoxy) is 2. The van der Waals surface area contributed by atoms with Gasteiger partial charge in [-0.2, -0.15) is 0 Å². The Hall–Kier alpha value is -1.23. The maximum absolute atomic E-state index is 10.7. The van der Waals surface area contributed by atoms with E-state index < -0.39 is 6.09 Å². The highest BCUT2D eigenvalue weighted by Gasteiger charge is 2.02. The van der Waals surface area contributed by atoms with Crippen molar-refractivity contribution in [1.29, 1.82) is 0 Å². The molecule has 0 aliphatic carbocycles. The second-order valence-corrected chi connectivity index (χ2v) is 4.06. The van der Waals surface area contributed by atoms with Crippen LogP contribution < -0.4 is 10.1 Å². The van der Waals surface area contributed by atoms with Crippen LogP contribution in [0.2, 0.25) is 0 Å². The van der Waals surface area contributed by atoms with Gasteiger partial charge in [-0.3, -0.25) is 0 Å². The van der Waals surface area contributed by atoms with Gasteiger partial charge in [0.1, 0.15) is 12.4 Å². The van der Waals surface area contributed by atoms with E-state index in [2.05, 4.69) is 26.0 Å². The van der Waals surface area contributed by atoms with Crippen LogP contribution in [0.25, 0.3) is 0 Å². The summed E-state index contributed by atoms with van der Waals surface area (Å²) in [5, 5.41) is 2.54. The van der Waals surface area contributed by atoms with Crippen molar-refractivity contribution in [2.24, 2.45) is 0 Å². The number of hydrogen-bond donors (Lipinski definition) is 1. The van der Waals surface area contributed by atoms with Crippen LogP contribution in [0.3, 0.4) is 0 Å². The van der Waals surface area contributed by atoms with Gasteiger partial charge in [-0.15, -0.1) is 0 Å². The van der Waals surface area contributed by atoms with Gasteiger partial charge in [0, 0.05) is 0 Å². The molecule has 0 atom stereocenters. The highest BCUT2D eigenvalue weighted by molar-refractivity contribution is 9.10. The predicted molar refractivity (Wildman–Crippen MR) is 64.8 cm³/mol. The van der Waals surface area contributed by atoms with E-state index in [0.717, 1.165) is 15.8 Å². The molecule has 1 rings (SSSR count). The lowest BCUT2D eigenvalue weighted by atomic mass is 10.2. The minimum Gasteiger partial charge on any atom is -0.491 e. The molecule has 0 fully saturated rings. The van der Waals surface area contributed by atoms with Crippen molar-refractivity contribution in [3.05, 3.63) is 28.2 Å². The predicted octanol–water partition coefficient (Wildman–Crippen LogP) is 2.49. The number of carbonyl (C=O) groups is 1. The van der Waals surface area contributed by atoms with Crippen LogP contribution in [-0.2, 0) is 4.74 Å². The third kappa shape index (κ3) is 4.10. The van der Waals surface area contributed by atoms with Crippen LogP contribution in [0.4, 0.5) is 4.79 Å². The van der Waals surface area contributed by atoms with Crippen LogP contribution in [0.5, 0.6) is 5.75 Å². The summed E-state index contributed by atoms with van der Waals surface area (Å²) in [4.78, 5) is 10.7. The topological polar surface area (TPSA) is 47.6 Å². The zero-order valence-corrected chi connectivity index (χ0v) is 10.8. The minimum absolute atomic E-state index is 0.400. The van der Waals surface area contributed by atoms with E-state index in [9.17, 15) is 4.79 Å². The molecule has 4 nitrogen and oxygen atoms in total. The first-order valence-corrected chi connectivity index (χ1v) is 5.63. The van der Waals surface area contributed by atoms with Gasteiger partial charge in [-0.25, -0.2) is 4.79 Å². The number of methoxy groups -OCH3 is 1. The minimum atomic E-state index is -0.452. The van der Waals surface area contributed by atoms with Gasteiger partial charge in [0.2, 0.25) is 0 Å². The average Bonchev–Trinajstić information content (AvgIpc) is 2.28. The molecule has 1 aromatic carbocycles. The Kier molecular flexibility index (Phi) is 5.11. The zero-order valence-electron chi connectivity index (χ0n) is 9.25. The van der Waals surface area contributed by atoms with Crippen LogP contribution in [0, 0.1) is 6.92 Å². The van der Waals surface area contributed by atoms with Crippen molar-refractivity contribution < 1.29 is 14.3 Å². The average molecular weight is 288 g/mol. The lowest BCUT2D eigenvalue weighted by molar-refractivity contribution is 0.168. The summed E-state index contributed by atoms with van der Waals surface area (Å²) in [6, 6.07) is 5.85. The number of hydrogen-bond acceptors (Lipinski definition) is 3. The van der Waals surface area contributed by atoms with Crippen molar-refractivity contribution in [2.45, 2.75) is 6.92 Å². The Bertz CT molecular complexity index is 368. The first kappa shape index (κ1) is 12.8. The summed E-state index contributed by atoms with van der Waals surface area (Å²) in [5.41, 5.74) is 1.12. The molecule has 0 bridgehead atoms. The second kappa shape index (κ2) is 6.37. The lowest BCUT2D eigenvalue weighted by Crippen LogP contribution is -2.27. The molecule has 1 N–H and O–H groups in total. The van der Waals surface area contributed by atoms with Crippen LogP contribution >= 0.6 is 15.9 Å². The molecule has 16 heavy (non-hydrogen) atoms. The molecular formula is C11H14BrNO3. The number of rotatable bonds is 4. The number of nitrogens with one attached hydrogen (secondary N) is 1. The summed E-state index contributed by atoms with van der Waals surface area (Å²) in [7, 11) is 1.33. The maximum Gasteiger partial charge on any atom is 0.406 e. The van der Waals surface area contributed by atoms with Gasteiger partial charge >= 0.3 is 6.09 Å². The molecule has 0 aliphatic rings. The molecule has 0 radical (unpaired) electrons. The molecular weight excluding hydrogens is 274 g/mol. The Balaban J connectivity index is 2.37. The number of benzene rings is 1. The monoisotopic (exact) mass is 287 g/mol. The van der Waals surface area contributed by atoms with E-state index in [1.54, 1.807) is 0 Å². The molecule has 0 aliphatic heterocycles. The van der Waals surface area contributed by atoms with E-state index in [-0.39, 0.29) is 0 Å². The summed E-state index contributed by atoms with van der Waals surface area (Å²) in [6.45, 7) is 2.80. The molecule has 0 aromatic heterocycles. The van der Waals surface area contributed by atoms with Gasteiger partial charge in [-0.05, 0) is 40.5 Å².